The zero-order valence-electron chi connectivity index (χ0n) is 10.1. The van der Waals surface area contributed by atoms with Crippen molar-refractivity contribution in [1.29, 1.82) is 0 Å². The van der Waals surface area contributed by atoms with Gasteiger partial charge in [0.1, 0.15) is 0 Å². The largest absolute Gasteiger partial charge is 0.367 e. The topological polar surface area (TPSA) is 50.2 Å². The predicted octanol–water partition coefficient (Wildman–Crippen LogP) is 0.691. The molecule has 2 rings (SSSR count). The molecule has 92 valence electrons. The molecular weight excluding hydrogens is 216 g/mol. The number of carbonyl (C=O) groups is 1. The number of hydrogen-bond donors (Lipinski definition) is 1. The van der Waals surface area contributed by atoms with Gasteiger partial charge in [-0.3, -0.25) is 9.48 Å². The Labute approximate surface area is 101 Å². The summed E-state index contributed by atoms with van der Waals surface area (Å²) in [6, 6.07) is 0.203. The Kier molecular flexibility index (Phi) is 3.46. The van der Waals surface area contributed by atoms with E-state index in [9.17, 15) is 4.79 Å². The van der Waals surface area contributed by atoms with Crippen molar-refractivity contribution in [2.45, 2.75) is 18.9 Å². The van der Waals surface area contributed by atoms with E-state index in [-0.39, 0.29) is 11.9 Å². The fourth-order valence-corrected chi connectivity index (χ4v) is 2.16. The number of aromatic nitrogens is 2. The molecule has 1 aliphatic heterocycles. The van der Waals surface area contributed by atoms with E-state index >= 15 is 0 Å². The molecule has 17 heavy (non-hydrogen) atoms. The number of nitrogens with zero attached hydrogens (tertiary/aromatic N) is 3. The van der Waals surface area contributed by atoms with Crippen molar-refractivity contribution in [2.24, 2.45) is 7.05 Å². The van der Waals surface area contributed by atoms with E-state index in [1.807, 2.05) is 19.4 Å². The minimum atomic E-state index is -0.0944. The van der Waals surface area contributed by atoms with Crippen LogP contribution in [0.15, 0.2) is 25.0 Å². The van der Waals surface area contributed by atoms with E-state index in [1.54, 1.807) is 4.68 Å². The van der Waals surface area contributed by atoms with Crippen molar-refractivity contribution in [3.8, 4) is 0 Å². The van der Waals surface area contributed by atoms with Gasteiger partial charge in [-0.05, 0) is 18.9 Å². The van der Waals surface area contributed by atoms with E-state index in [0.717, 1.165) is 31.6 Å². The Morgan fingerprint density at radius 1 is 1.71 bits per heavy atom. The van der Waals surface area contributed by atoms with Gasteiger partial charge in [0.05, 0.1) is 11.9 Å². The van der Waals surface area contributed by atoms with Crippen LogP contribution >= 0.6 is 0 Å². The highest BCUT2D eigenvalue weighted by Gasteiger charge is 2.21. The van der Waals surface area contributed by atoms with Gasteiger partial charge in [-0.25, -0.2) is 0 Å². The summed E-state index contributed by atoms with van der Waals surface area (Å²) in [4.78, 5) is 13.5. The molecule has 0 bridgehead atoms. The molecule has 1 N–H and O–H groups in total. The maximum absolute atomic E-state index is 11.3. The second kappa shape index (κ2) is 5.03. The van der Waals surface area contributed by atoms with E-state index < -0.39 is 0 Å². The molecule has 0 unspecified atom stereocenters. The molecule has 1 atom stereocenters. The summed E-state index contributed by atoms with van der Waals surface area (Å²) in [7, 11) is 1.91. The summed E-state index contributed by atoms with van der Waals surface area (Å²) < 4.78 is 1.79. The Morgan fingerprint density at radius 3 is 3.18 bits per heavy atom. The lowest BCUT2D eigenvalue weighted by atomic mass is 10.1. The molecule has 5 heteroatoms. The molecule has 1 aromatic heterocycles. The number of hydrogen-bond acceptors (Lipinski definition) is 3. The van der Waals surface area contributed by atoms with Crippen LogP contribution in [-0.4, -0.2) is 34.8 Å². The van der Waals surface area contributed by atoms with Crippen LogP contribution < -0.4 is 10.2 Å². The fraction of sp³-hybridized carbons (Fsp3) is 0.500. The quantitative estimate of drug-likeness (QED) is 0.783. The summed E-state index contributed by atoms with van der Waals surface area (Å²) in [6.45, 7) is 5.33. The first kappa shape index (κ1) is 11.7. The highest BCUT2D eigenvalue weighted by atomic mass is 16.1. The summed E-state index contributed by atoms with van der Waals surface area (Å²) in [5.41, 5.74) is 1.12. The molecule has 0 saturated carbocycles. The van der Waals surface area contributed by atoms with Crippen LogP contribution in [-0.2, 0) is 11.8 Å². The lowest BCUT2D eigenvalue weighted by molar-refractivity contribution is -0.117. The zero-order valence-corrected chi connectivity index (χ0v) is 10.1. The molecule has 5 nitrogen and oxygen atoms in total. The van der Waals surface area contributed by atoms with Gasteiger partial charge in [0.15, 0.2) is 0 Å². The molecular formula is C12H18N4O. The average molecular weight is 234 g/mol. The molecule has 0 aliphatic carbocycles. The van der Waals surface area contributed by atoms with Crippen LogP contribution in [0.5, 0.6) is 0 Å². The third-order valence-corrected chi connectivity index (χ3v) is 3.01. The van der Waals surface area contributed by atoms with E-state index in [1.165, 1.54) is 6.08 Å². The molecule has 0 spiro atoms. The number of nitrogens with one attached hydrogen (secondary N) is 1. The minimum absolute atomic E-state index is 0.0944. The van der Waals surface area contributed by atoms with Crippen LogP contribution in [0.4, 0.5) is 5.69 Å². The zero-order chi connectivity index (χ0) is 12.3. The van der Waals surface area contributed by atoms with Gasteiger partial charge in [0, 0.05) is 32.4 Å². The third kappa shape index (κ3) is 2.87. The number of carbonyl (C=O) groups excluding carboxylic acids is 1. The minimum Gasteiger partial charge on any atom is -0.367 e. The van der Waals surface area contributed by atoms with Crippen LogP contribution in [0.3, 0.4) is 0 Å². The Balaban J connectivity index is 1.97. The van der Waals surface area contributed by atoms with Crippen LogP contribution in [0, 0.1) is 0 Å². The van der Waals surface area contributed by atoms with Crippen molar-refractivity contribution in [3.63, 3.8) is 0 Å². The number of anilines is 1. The summed E-state index contributed by atoms with van der Waals surface area (Å²) in [6.07, 6.45) is 7.28. The highest BCUT2D eigenvalue weighted by Crippen LogP contribution is 2.18. The number of aryl methyl sites for hydroxylation is 1. The first-order valence-corrected chi connectivity index (χ1v) is 5.85. The molecule has 1 aromatic rings. The third-order valence-electron chi connectivity index (χ3n) is 3.01. The monoisotopic (exact) mass is 234 g/mol. The van der Waals surface area contributed by atoms with Gasteiger partial charge >= 0.3 is 0 Å². The molecule has 1 amide bonds. The van der Waals surface area contributed by atoms with Gasteiger partial charge in [-0.1, -0.05) is 6.58 Å². The van der Waals surface area contributed by atoms with Crippen molar-refractivity contribution in [3.05, 3.63) is 25.0 Å². The highest BCUT2D eigenvalue weighted by molar-refractivity contribution is 5.87. The first-order chi connectivity index (χ1) is 8.19. The number of rotatable bonds is 3. The predicted molar refractivity (Wildman–Crippen MR) is 66.8 cm³/mol. The van der Waals surface area contributed by atoms with Gasteiger partial charge in [-0.15, -0.1) is 0 Å². The van der Waals surface area contributed by atoms with E-state index in [0.29, 0.717) is 0 Å². The molecule has 2 heterocycles. The summed E-state index contributed by atoms with van der Waals surface area (Å²) in [5.74, 6) is -0.0944. The lowest BCUT2D eigenvalue weighted by Gasteiger charge is -2.33. The van der Waals surface area contributed by atoms with Gasteiger partial charge in [0.2, 0.25) is 5.91 Å². The van der Waals surface area contributed by atoms with Crippen molar-refractivity contribution in [1.82, 2.24) is 15.1 Å². The van der Waals surface area contributed by atoms with E-state index in [2.05, 4.69) is 21.9 Å². The molecule has 1 fully saturated rings. The van der Waals surface area contributed by atoms with Crippen LogP contribution in [0.2, 0.25) is 0 Å². The van der Waals surface area contributed by atoms with Gasteiger partial charge in [-0.2, -0.15) is 5.10 Å². The summed E-state index contributed by atoms with van der Waals surface area (Å²) >= 11 is 0. The first-order valence-electron chi connectivity index (χ1n) is 5.85. The van der Waals surface area contributed by atoms with Crippen LogP contribution in [0.25, 0.3) is 0 Å². The number of piperidine rings is 1. The maximum Gasteiger partial charge on any atom is 0.243 e. The molecule has 1 aliphatic rings. The van der Waals surface area contributed by atoms with Gasteiger partial charge in [0.25, 0.3) is 0 Å². The van der Waals surface area contributed by atoms with Crippen molar-refractivity contribution >= 4 is 11.6 Å². The smallest absolute Gasteiger partial charge is 0.243 e. The lowest BCUT2D eigenvalue weighted by Crippen LogP contribution is -2.47. The fourth-order valence-electron chi connectivity index (χ4n) is 2.16. The normalized spacial score (nSPS) is 20.1. The Bertz CT molecular complexity index is 412. The molecule has 0 aromatic carbocycles. The average Bonchev–Trinajstić information content (AvgIpc) is 2.76. The van der Waals surface area contributed by atoms with Crippen molar-refractivity contribution < 1.29 is 4.79 Å². The maximum atomic E-state index is 11.3. The van der Waals surface area contributed by atoms with Gasteiger partial charge < -0.3 is 10.2 Å². The Morgan fingerprint density at radius 2 is 2.53 bits per heavy atom. The Hall–Kier alpha value is -1.78. The van der Waals surface area contributed by atoms with Crippen molar-refractivity contribution in [2.75, 3.05) is 18.0 Å². The van der Waals surface area contributed by atoms with E-state index in [4.69, 9.17) is 0 Å². The summed E-state index contributed by atoms with van der Waals surface area (Å²) in [5, 5.41) is 7.11. The van der Waals surface area contributed by atoms with Crippen LogP contribution in [0.1, 0.15) is 12.8 Å². The number of amides is 1. The molecule has 0 radical (unpaired) electrons. The second-order valence-electron chi connectivity index (χ2n) is 4.37. The second-order valence-corrected chi connectivity index (χ2v) is 4.37. The SMILES string of the molecule is C=CC(=O)N[C@H]1CCCN(c2cnn(C)c2)C1. The standard InChI is InChI=1S/C12H18N4O/c1-3-12(17)14-10-5-4-6-16(8-10)11-7-13-15(2)9-11/h3,7,9-10H,1,4-6,8H2,2H3,(H,14,17)/t10-/m0/s1. The molecule has 1 saturated heterocycles.